The lowest BCUT2D eigenvalue weighted by Crippen LogP contribution is -2.50. The second-order valence-electron chi connectivity index (χ2n) is 15.7. The lowest BCUT2D eigenvalue weighted by molar-refractivity contribution is -0.0856. The minimum absolute atomic E-state index is 0.0848. The van der Waals surface area contributed by atoms with Crippen LogP contribution in [0.15, 0.2) is 107 Å². The fourth-order valence-electron chi connectivity index (χ4n) is 7.42. The molecule has 12 heteroatoms. The zero-order chi connectivity index (χ0) is 39.7. The molecule has 2 rings (SSSR count). The molecule has 0 bridgehead atoms. The molecule has 0 aromatic rings. The molecule has 2 saturated carbocycles. The molecule has 0 aromatic heterocycles. The molecule has 0 saturated heterocycles. The third-order valence-corrected chi connectivity index (χ3v) is 11.0. The minimum Gasteiger partial charge on any atom is -0.390 e. The molecule has 4 N–H and O–H groups in total. The highest BCUT2D eigenvalue weighted by molar-refractivity contribution is 7.81. The summed E-state index contributed by atoms with van der Waals surface area (Å²) in [7, 11) is -9.37. The second kappa shape index (κ2) is 19.1. The van der Waals surface area contributed by atoms with Crippen molar-refractivity contribution in [3.05, 3.63) is 107 Å². The van der Waals surface area contributed by atoms with E-state index >= 15 is 0 Å². The van der Waals surface area contributed by atoms with Crippen molar-refractivity contribution >= 4 is 20.8 Å². The summed E-state index contributed by atoms with van der Waals surface area (Å²) in [4.78, 5) is 0. The third-order valence-electron chi connectivity index (χ3n) is 10.1. The van der Waals surface area contributed by atoms with Gasteiger partial charge in [0.2, 0.25) is 0 Å². The molecule has 8 atom stereocenters. The Kier molecular flexibility index (Phi) is 16.7. The molecule has 0 radical (unpaired) electrons. The topological polar surface area (TPSA) is 168 Å². The van der Waals surface area contributed by atoms with Crippen molar-refractivity contribution in [2.24, 2.45) is 34.5 Å². The van der Waals surface area contributed by atoms with Gasteiger partial charge in [-0.25, -0.2) is 8.37 Å². The van der Waals surface area contributed by atoms with E-state index in [4.69, 9.17) is 8.37 Å². The van der Waals surface area contributed by atoms with E-state index in [9.17, 15) is 36.2 Å². The quantitative estimate of drug-likeness (QED) is 0.100. The fourth-order valence-corrected chi connectivity index (χ4v) is 8.59. The maximum atomic E-state index is 11.3. The highest BCUT2D eigenvalue weighted by Crippen LogP contribution is 2.47. The van der Waals surface area contributed by atoms with Crippen LogP contribution in [0.2, 0.25) is 0 Å². The molecule has 10 nitrogen and oxygen atoms in total. The number of rotatable bonds is 14. The first kappa shape index (κ1) is 45.5. The van der Waals surface area contributed by atoms with Crippen LogP contribution in [0.1, 0.15) is 82.1 Å². The second-order valence-corrected chi connectivity index (χ2v) is 17.8. The maximum Gasteiger partial charge on any atom is 0.397 e. The van der Waals surface area contributed by atoms with Crippen LogP contribution in [-0.2, 0) is 29.2 Å². The van der Waals surface area contributed by atoms with Crippen LogP contribution in [-0.4, -0.2) is 60.6 Å². The van der Waals surface area contributed by atoms with Gasteiger partial charge in [0.1, 0.15) is 12.2 Å². The first-order valence-electron chi connectivity index (χ1n) is 17.6. The van der Waals surface area contributed by atoms with E-state index in [1.54, 1.807) is 0 Å². The SMILES string of the molecule is CC(/C=C/C=C(C)/C=C/[C@@H]1[C@@H](C)[C@H](OS(=O)(=O)O)[C@H](O)CC1(C)C)=C\C=C\C=C(C)\C=C\C=C(C)\C=C\[C@@H]1[C@@H](C)[C@H](OS(=O)(=O)O)[C@H](O)CC1(C)C. The third kappa shape index (κ3) is 15.0. The van der Waals surface area contributed by atoms with Gasteiger partial charge in [0.15, 0.2) is 0 Å². The van der Waals surface area contributed by atoms with Crippen molar-refractivity contribution in [1.29, 1.82) is 0 Å². The van der Waals surface area contributed by atoms with Crippen molar-refractivity contribution < 1.29 is 44.5 Å². The molecule has 0 aliphatic heterocycles. The van der Waals surface area contributed by atoms with E-state index in [1.807, 2.05) is 154 Å². The van der Waals surface area contributed by atoms with E-state index in [1.165, 1.54) is 0 Å². The van der Waals surface area contributed by atoms with Gasteiger partial charge in [-0.2, -0.15) is 16.8 Å². The van der Waals surface area contributed by atoms with Gasteiger partial charge in [-0.1, -0.05) is 149 Å². The maximum absolute atomic E-state index is 11.3. The molecule has 0 amide bonds. The van der Waals surface area contributed by atoms with E-state index in [-0.39, 0.29) is 34.5 Å². The van der Waals surface area contributed by atoms with Crippen LogP contribution < -0.4 is 0 Å². The molecule has 0 unspecified atom stereocenters. The van der Waals surface area contributed by atoms with Gasteiger partial charge < -0.3 is 10.2 Å². The Balaban J connectivity index is 1.98. The van der Waals surface area contributed by atoms with Crippen molar-refractivity contribution in [1.82, 2.24) is 0 Å². The van der Waals surface area contributed by atoms with E-state index < -0.39 is 45.2 Å². The Morgan fingerprint density at radius 3 is 1.15 bits per heavy atom. The van der Waals surface area contributed by atoms with Gasteiger partial charge in [-0.3, -0.25) is 9.11 Å². The highest BCUT2D eigenvalue weighted by Gasteiger charge is 2.48. The van der Waals surface area contributed by atoms with Crippen molar-refractivity contribution in [2.45, 2.75) is 106 Å². The van der Waals surface area contributed by atoms with E-state index in [0.29, 0.717) is 12.8 Å². The summed E-state index contributed by atoms with van der Waals surface area (Å²) in [5.41, 5.74) is 3.50. The highest BCUT2D eigenvalue weighted by atomic mass is 32.3. The molecule has 0 heterocycles. The number of hydrogen-bond acceptors (Lipinski definition) is 8. The Morgan fingerprint density at radius 2 is 0.846 bits per heavy atom. The zero-order valence-corrected chi connectivity index (χ0v) is 33.8. The van der Waals surface area contributed by atoms with Crippen molar-refractivity contribution in [3.63, 3.8) is 0 Å². The number of allylic oxidation sites excluding steroid dienone is 18. The Bertz CT molecular complexity index is 1590. The van der Waals surface area contributed by atoms with Crippen LogP contribution in [0.4, 0.5) is 0 Å². The van der Waals surface area contributed by atoms with Gasteiger partial charge >= 0.3 is 20.8 Å². The Morgan fingerprint density at radius 1 is 0.558 bits per heavy atom. The van der Waals surface area contributed by atoms with Crippen molar-refractivity contribution in [2.75, 3.05) is 0 Å². The summed E-state index contributed by atoms with van der Waals surface area (Å²) in [6, 6.07) is 0. The van der Waals surface area contributed by atoms with E-state index in [2.05, 4.69) is 0 Å². The summed E-state index contributed by atoms with van der Waals surface area (Å²) < 4.78 is 73.3. The van der Waals surface area contributed by atoms with Crippen LogP contribution in [0, 0.1) is 34.5 Å². The average Bonchev–Trinajstić information content (AvgIpc) is 2.97. The smallest absolute Gasteiger partial charge is 0.390 e. The predicted molar refractivity (Wildman–Crippen MR) is 208 cm³/mol. The lowest BCUT2D eigenvalue weighted by Gasteiger charge is -2.47. The Hall–Kier alpha value is -2.68. The molecule has 292 valence electrons. The largest absolute Gasteiger partial charge is 0.397 e. The summed E-state index contributed by atoms with van der Waals surface area (Å²) >= 11 is 0. The molecule has 2 fully saturated rings. The predicted octanol–water partition coefficient (Wildman–Crippen LogP) is 8.01. The molecule has 2 aliphatic rings. The molecule has 52 heavy (non-hydrogen) atoms. The van der Waals surface area contributed by atoms with Gasteiger partial charge in [-0.15, -0.1) is 0 Å². The van der Waals surface area contributed by atoms with Crippen LogP contribution >= 0.6 is 0 Å². The molecular weight excluding hydrogens is 705 g/mol. The number of hydrogen-bond donors (Lipinski definition) is 4. The first-order chi connectivity index (χ1) is 23.8. The average molecular weight is 765 g/mol. The summed E-state index contributed by atoms with van der Waals surface area (Å²) in [6.45, 7) is 19.7. The number of aliphatic hydroxyl groups is 2. The van der Waals surface area contributed by atoms with Gasteiger partial charge in [-0.05, 0) is 75.0 Å². The lowest BCUT2D eigenvalue weighted by atomic mass is 9.62. The van der Waals surface area contributed by atoms with Gasteiger partial charge in [0.25, 0.3) is 0 Å². The summed E-state index contributed by atoms with van der Waals surface area (Å²) in [5, 5.41) is 20.9. The first-order valence-corrected chi connectivity index (χ1v) is 20.3. The zero-order valence-electron chi connectivity index (χ0n) is 32.2. The fraction of sp³-hybridized carbons (Fsp3) is 0.550. The van der Waals surface area contributed by atoms with Crippen molar-refractivity contribution in [3.8, 4) is 0 Å². The van der Waals surface area contributed by atoms with E-state index in [0.717, 1.165) is 22.3 Å². The summed E-state index contributed by atoms with van der Waals surface area (Å²) in [6.07, 6.45) is 24.4. The minimum atomic E-state index is -4.69. The van der Waals surface area contributed by atoms with Crippen LogP contribution in [0.5, 0.6) is 0 Å². The monoisotopic (exact) mass is 764 g/mol. The Labute approximate surface area is 312 Å². The number of aliphatic hydroxyl groups excluding tert-OH is 2. The van der Waals surface area contributed by atoms with Gasteiger partial charge in [0, 0.05) is 0 Å². The van der Waals surface area contributed by atoms with Gasteiger partial charge in [0.05, 0.1) is 12.2 Å². The van der Waals surface area contributed by atoms with Crippen LogP contribution in [0.25, 0.3) is 0 Å². The molecular formula is C40H60O10S2. The summed E-state index contributed by atoms with van der Waals surface area (Å²) in [5.74, 6) is -0.855. The molecule has 0 aromatic carbocycles. The normalized spacial score (nSPS) is 31.6. The standard InChI is InChI=1S/C40H60O10S2/c1-27(17-13-19-29(3)21-23-33-31(5)37(49-51(43,44)45)35(41)25-39(33,7)8)15-11-12-16-28(2)18-14-20-30(4)22-24-34-32(6)38(50-52(46,47)48)36(42)26-40(34,9)10/h11-24,31-38,41-42H,25-26H2,1-10H3,(H,43,44,45)(H,46,47,48)/b12-11+,17-13+,18-14+,23-21+,24-22+,27-15+,28-16+,29-19+,30-20+/t31-,32-,33-,34-,35-,36-,37+,38+/m1/s1. The van der Waals surface area contributed by atoms with Crippen LogP contribution in [0.3, 0.4) is 0 Å². The molecule has 0 spiro atoms. The molecule has 2 aliphatic carbocycles.